The summed E-state index contributed by atoms with van der Waals surface area (Å²) in [5, 5.41) is 0. The van der Waals surface area contributed by atoms with Crippen LogP contribution in [0.3, 0.4) is 0 Å². The van der Waals surface area contributed by atoms with Crippen LogP contribution in [-0.4, -0.2) is 12.4 Å². The summed E-state index contributed by atoms with van der Waals surface area (Å²) in [5.41, 5.74) is 0.510. The zero-order valence-corrected chi connectivity index (χ0v) is 9.39. The molecule has 0 spiro atoms. The van der Waals surface area contributed by atoms with Gasteiger partial charge in [0.1, 0.15) is 6.61 Å². The van der Waals surface area contributed by atoms with Crippen LogP contribution in [0.2, 0.25) is 0 Å². The Bertz CT molecular complexity index is 295. The van der Waals surface area contributed by atoms with Crippen LogP contribution in [0.5, 0.6) is 0 Å². The maximum atomic E-state index is 12.0. The molecule has 0 saturated heterocycles. The molecule has 1 rings (SSSR count). The third-order valence-corrected chi connectivity index (χ3v) is 2.76. The van der Waals surface area contributed by atoms with Gasteiger partial charge in [-0.25, -0.2) is 0 Å². The molecule has 0 aliphatic carbocycles. The van der Waals surface area contributed by atoms with Gasteiger partial charge in [-0.15, -0.1) is 0 Å². The van der Waals surface area contributed by atoms with Crippen LogP contribution in [0.4, 0.5) is 0 Å². The summed E-state index contributed by atoms with van der Waals surface area (Å²) >= 11 is 0. The van der Waals surface area contributed by atoms with Crippen molar-refractivity contribution in [3.05, 3.63) is 23.5 Å². The number of rotatable bonds is 3. The van der Waals surface area contributed by atoms with E-state index in [4.69, 9.17) is 4.74 Å². The molecule has 0 aromatic heterocycles. The molecule has 0 fully saturated rings. The Kier molecular flexibility index (Phi) is 3.14. The second-order valence-electron chi connectivity index (χ2n) is 4.32. The number of carbonyl (C=O) groups is 1. The Morgan fingerprint density at radius 2 is 2.14 bits per heavy atom. The lowest BCUT2D eigenvalue weighted by Crippen LogP contribution is -2.27. The Balaban J connectivity index is 2.81. The van der Waals surface area contributed by atoms with Crippen molar-refractivity contribution in [3.8, 4) is 0 Å². The van der Waals surface area contributed by atoms with Crippen molar-refractivity contribution in [2.45, 2.75) is 34.1 Å². The first-order chi connectivity index (χ1) is 6.47. The highest BCUT2D eigenvalue weighted by molar-refractivity contribution is 6.00. The molecule has 0 radical (unpaired) electrons. The molecule has 2 nitrogen and oxygen atoms in total. The molecule has 78 valence electrons. The molecular formula is C12H18O2. The highest BCUT2D eigenvalue weighted by Crippen LogP contribution is 2.26. The smallest absolute Gasteiger partial charge is 0.167 e. The van der Waals surface area contributed by atoms with Crippen LogP contribution in [0.1, 0.15) is 34.1 Å². The van der Waals surface area contributed by atoms with E-state index in [2.05, 4.69) is 0 Å². The van der Waals surface area contributed by atoms with E-state index in [1.54, 1.807) is 0 Å². The molecular weight excluding hydrogens is 176 g/mol. The van der Waals surface area contributed by atoms with Gasteiger partial charge in [-0.2, -0.15) is 0 Å². The Hall–Kier alpha value is -1.05. The van der Waals surface area contributed by atoms with Crippen molar-refractivity contribution in [3.63, 3.8) is 0 Å². The van der Waals surface area contributed by atoms with E-state index in [0.717, 1.165) is 17.8 Å². The third-order valence-electron chi connectivity index (χ3n) is 2.76. The van der Waals surface area contributed by atoms with E-state index >= 15 is 0 Å². The fraction of sp³-hybridized carbons (Fsp3) is 0.583. The average Bonchev–Trinajstić information content (AvgIpc) is 2.18. The lowest BCUT2D eigenvalue weighted by atomic mass is 9.81. The fourth-order valence-corrected chi connectivity index (χ4v) is 1.24. The van der Waals surface area contributed by atoms with Crippen molar-refractivity contribution in [2.75, 3.05) is 6.61 Å². The van der Waals surface area contributed by atoms with Crippen molar-refractivity contribution >= 4 is 5.78 Å². The van der Waals surface area contributed by atoms with Crippen molar-refractivity contribution in [2.24, 2.45) is 5.41 Å². The molecule has 1 aliphatic heterocycles. The van der Waals surface area contributed by atoms with Gasteiger partial charge in [-0.05, 0) is 25.5 Å². The van der Waals surface area contributed by atoms with Gasteiger partial charge < -0.3 is 4.74 Å². The highest BCUT2D eigenvalue weighted by atomic mass is 16.5. The molecule has 0 amide bonds. The van der Waals surface area contributed by atoms with Gasteiger partial charge in [0.2, 0.25) is 0 Å². The topological polar surface area (TPSA) is 26.3 Å². The van der Waals surface area contributed by atoms with Crippen LogP contribution in [0, 0.1) is 5.41 Å². The molecule has 0 bridgehead atoms. The Morgan fingerprint density at radius 3 is 2.57 bits per heavy atom. The van der Waals surface area contributed by atoms with Crippen LogP contribution in [-0.2, 0) is 9.53 Å². The van der Waals surface area contributed by atoms with E-state index in [0.29, 0.717) is 6.61 Å². The lowest BCUT2D eigenvalue weighted by molar-refractivity contribution is -0.123. The number of ketones is 1. The van der Waals surface area contributed by atoms with E-state index in [-0.39, 0.29) is 11.2 Å². The van der Waals surface area contributed by atoms with E-state index in [1.807, 2.05) is 39.8 Å². The summed E-state index contributed by atoms with van der Waals surface area (Å²) in [6.07, 6.45) is 4.58. The summed E-state index contributed by atoms with van der Waals surface area (Å²) in [6, 6.07) is 0. The van der Waals surface area contributed by atoms with Crippen molar-refractivity contribution < 1.29 is 9.53 Å². The van der Waals surface area contributed by atoms with Gasteiger partial charge in [0.05, 0.1) is 5.76 Å². The SMILES string of the molecule is CCC(C)(C)C(=O)C1=CC=C(C)OC1. The molecule has 14 heavy (non-hydrogen) atoms. The standard InChI is InChI=1S/C12H18O2/c1-5-12(3,4)11(13)10-7-6-9(2)14-8-10/h6-7H,5,8H2,1-4H3. The van der Waals surface area contributed by atoms with E-state index in [1.165, 1.54) is 0 Å². The summed E-state index contributed by atoms with van der Waals surface area (Å²) < 4.78 is 5.32. The summed E-state index contributed by atoms with van der Waals surface area (Å²) in [6.45, 7) is 8.29. The zero-order chi connectivity index (χ0) is 10.8. The summed E-state index contributed by atoms with van der Waals surface area (Å²) in [5.74, 6) is 1.07. The summed E-state index contributed by atoms with van der Waals surface area (Å²) in [4.78, 5) is 12.0. The van der Waals surface area contributed by atoms with Gasteiger partial charge in [0.25, 0.3) is 0 Å². The van der Waals surface area contributed by atoms with Gasteiger partial charge in [-0.3, -0.25) is 4.79 Å². The zero-order valence-electron chi connectivity index (χ0n) is 9.39. The first-order valence-electron chi connectivity index (χ1n) is 5.02. The van der Waals surface area contributed by atoms with Crippen LogP contribution in [0.15, 0.2) is 23.5 Å². The normalized spacial score (nSPS) is 16.9. The van der Waals surface area contributed by atoms with Crippen molar-refractivity contribution in [1.29, 1.82) is 0 Å². The summed E-state index contributed by atoms with van der Waals surface area (Å²) in [7, 11) is 0. The number of hydrogen-bond acceptors (Lipinski definition) is 2. The Morgan fingerprint density at radius 1 is 1.50 bits per heavy atom. The largest absolute Gasteiger partial charge is 0.493 e. The first kappa shape index (κ1) is 11.0. The number of allylic oxidation sites excluding steroid dienone is 3. The molecule has 0 saturated carbocycles. The number of hydrogen-bond donors (Lipinski definition) is 0. The quantitative estimate of drug-likeness (QED) is 0.690. The average molecular weight is 194 g/mol. The van der Waals surface area contributed by atoms with Crippen LogP contribution < -0.4 is 0 Å². The predicted octanol–water partition coefficient (Wildman–Crippen LogP) is 2.85. The number of carbonyl (C=O) groups excluding carboxylic acids is 1. The monoisotopic (exact) mass is 194 g/mol. The maximum Gasteiger partial charge on any atom is 0.167 e. The second kappa shape index (κ2) is 3.99. The molecule has 1 aliphatic rings. The molecule has 0 aromatic carbocycles. The van der Waals surface area contributed by atoms with Crippen LogP contribution in [0.25, 0.3) is 0 Å². The minimum absolute atomic E-state index is 0.198. The van der Waals surface area contributed by atoms with Crippen molar-refractivity contribution in [1.82, 2.24) is 0 Å². The Labute approximate surface area is 85.6 Å². The highest BCUT2D eigenvalue weighted by Gasteiger charge is 2.28. The maximum absolute atomic E-state index is 12.0. The third kappa shape index (κ3) is 2.25. The molecule has 0 aromatic rings. The molecule has 2 heteroatoms. The second-order valence-corrected chi connectivity index (χ2v) is 4.32. The minimum Gasteiger partial charge on any atom is -0.493 e. The van der Waals surface area contributed by atoms with Gasteiger partial charge >= 0.3 is 0 Å². The molecule has 0 N–H and O–H groups in total. The van der Waals surface area contributed by atoms with E-state index in [9.17, 15) is 4.79 Å². The lowest BCUT2D eigenvalue weighted by Gasteiger charge is -2.24. The first-order valence-corrected chi connectivity index (χ1v) is 5.02. The van der Waals surface area contributed by atoms with E-state index < -0.39 is 0 Å². The molecule has 1 heterocycles. The van der Waals surface area contributed by atoms with Gasteiger partial charge in [0.15, 0.2) is 5.78 Å². The predicted molar refractivity (Wildman–Crippen MR) is 56.9 cm³/mol. The number of ether oxygens (including phenoxy) is 1. The van der Waals surface area contributed by atoms with Gasteiger partial charge in [-0.1, -0.05) is 20.8 Å². The van der Waals surface area contributed by atoms with Gasteiger partial charge in [0, 0.05) is 11.0 Å². The van der Waals surface area contributed by atoms with Crippen LogP contribution >= 0.6 is 0 Å². The number of Topliss-reactive ketones (excluding diaryl/α,β-unsaturated/α-hetero) is 1. The molecule has 0 unspecified atom stereocenters. The fourth-order valence-electron chi connectivity index (χ4n) is 1.24. The minimum atomic E-state index is -0.270. The molecule has 0 atom stereocenters.